The number of morpholine rings is 1. The van der Waals surface area contributed by atoms with Crippen LogP contribution in [0.3, 0.4) is 0 Å². The highest BCUT2D eigenvalue weighted by molar-refractivity contribution is 5.99. The third-order valence-corrected chi connectivity index (χ3v) is 5.31. The van der Waals surface area contributed by atoms with E-state index in [1.54, 1.807) is 18.2 Å². The van der Waals surface area contributed by atoms with Crippen LogP contribution >= 0.6 is 0 Å². The van der Waals surface area contributed by atoms with Crippen molar-refractivity contribution in [2.24, 2.45) is 5.73 Å². The van der Waals surface area contributed by atoms with Gasteiger partial charge >= 0.3 is 6.09 Å². The number of amides is 3. The lowest BCUT2D eigenvalue weighted by Crippen LogP contribution is -2.50. The van der Waals surface area contributed by atoms with Crippen LogP contribution in [0.5, 0.6) is 0 Å². The van der Waals surface area contributed by atoms with Crippen molar-refractivity contribution >= 4 is 29.3 Å². The van der Waals surface area contributed by atoms with Gasteiger partial charge in [0, 0.05) is 30.6 Å². The molecule has 1 saturated heterocycles. The molecule has 2 unspecified atom stereocenters. The molecule has 0 aromatic heterocycles. The van der Waals surface area contributed by atoms with Gasteiger partial charge in [-0.1, -0.05) is 30.3 Å². The first kappa shape index (κ1) is 24.1. The smallest absolute Gasteiger partial charge is 0.412 e. The summed E-state index contributed by atoms with van der Waals surface area (Å²) in [6.07, 6.45) is -0.580. The summed E-state index contributed by atoms with van der Waals surface area (Å²) in [4.78, 5) is 38.2. The molecule has 4 N–H and O–H groups in total. The molecule has 1 aliphatic heterocycles. The van der Waals surface area contributed by atoms with Crippen molar-refractivity contribution < 1.29 is 23.9 Å². The van der Waals surface area contributed by atoms with Crippen molar-refractivity contribution in [3.63, 3.8) is 0 Å². The lowest BCUT2D eigenvalue weighted by atomic mass is 10.1. The number of nitrogens with zero attached hydrogens (tertiary/aromatic N) is 1. The first-order valence-electron chi connectivity index (χ1n) is 10.9. The normalized spacial score (nSPS) is 17.8. The minimum absolute atomic E-state index is 0.0452. The average Bonchev–Trinajstić information content (AvgIpc) is 2.79. The average molecular weight is 455 g/mol. The maximum absolute atomic E-state index is 12.6. The molecule has 3 rings (SSSR count). The minimum atomic E-state index is -0.625. The van der Waals surface area contributed by atoms with Crippen LogP contribution in [0.2, 0.25) is 0 Å². The van der Waals surface area contributed by atoms with Crippen LogP contribution in [0.25, 0.3) is 0 Å². The van der Waals surface area contributed by atoms with Gasteiger partial charge in [-0.3, -0.25) is 14.9 Å². The number of anilines is 2. The topological polar surface area (TPSA) is 123 Å². The maximum Gasteiger partial charge on any atom is 0.412 e. The molecule has 0 saturated carbocycles. The molecule has 1 aliphatic rings. The summed E-state index contributed by atoms with van der Waals surface area (Å²) in [6.45, 7) is 5.44. The van der Waals surface area contributed by atoms with Crippen molar-refractivity contribution in [3.8, 4) is 0 Å². The summed E-state index contributed by atoms with van der Waals surface area (Å²) >= 11 is 0. The fourth-order valence-corrected chi connectivity index (χ4v) is 3.75. The molecule has 0 spiro atoms. The maximum atomic E-state index is 12.6. The summed E-state index contributed by atoms with van der Waals surface area (Å²) < 4.78 is 11.0. The van der Waals surface area contributed by atoms with Gasteiger partial charge in [0.15, 0.2) is 0 Å². The predicted octanol–water partition coefficient (Wildman–Crippen LogP) is 2.65. The second-order valence-corrected chi connectivity index (χ2v) is 8.03. The number of nitrogens with one attached hydrogen (secondary N) is 2. The van der Waals surface area contributed by atoms with Crippen molar-refractivity contribution in [1.82, 2.24) is 5.32 Å². The van der Waals surface area contributed by atoms with Crippen molar-refractivity contribution in [3.05, 3.63) is 59.7 Å². The number of carbonyl (C=O) groups is 3. The number of carbonyl (C=O) groups excluding carboxylic acids is 3. The quantitative estimate of drug-likeness (QED) is 0.564. The van der Waals surface area contributed by atoms with Gasteiger partial charge in [-0.25, -0.2) is 4.79 Å². The zero-order chi connectivity index (χ0) is 23.8. The SMILES string of the molecule is CC1COCC(C)N1c1ccc(C(=O)NCCC(N)=O)cc1NC(=O)OCc1ccccc1. The minimum Gasteiger partial charge on any atom is -0.444 e. The first-order chi connectivity index (χ1) is 15.8. The summed E-state index contributed by atoms with van der Waals surface area (Å²) in [5, 5.41) is 5.45. The Balaban J connectivity index is 1.80. The van der Waals surface area contributed by atoms with E-state index < -0.39 is 12.0 Å². The van der Waals surface area contributed by atoms with Crippen LogP contribution in [-0.2, 0) is 20.9 Å². The van der Waals surface area contributed by atoms with Crippen molar-refractivity contribution in [2.75, 3.05) is 30.0 Å². The van der Waals surface area contributed by atoms with Gasteiger partial charge in [0.1, 0.15) is 6.61 Å². The predicted molar refractivity (Wildman–Crippen MR) is 125 cm³/mol. The second-order valence-electron chi connectivity index (χ2n) is 8.03. The number of ether oxygens (including phenoxy) is 2. The Morgan fingerprint density at radius 2 is 1.79 bits per heavy atom. The van der Waals surface area contributed by atoms with E-state index in [4.69, 9.17) is 15.2 Å². The van der Waals surface area contributed by atoms with E-state index in [0.29, 0.717) is 24.5 Å². The third-order valence-electron chi connectivity index (χ3n) is 5.31. The van der Waals surface area contributed by atoms with Crippen LogP contribution in [0, 0.1) is 0 Å². The Morgan fingerprint density at radius 3 is 2.45 bits per heavy atom. The Kier molecular flexibility index (Phi) is 8.26. The Bertz CT molecular complexity index is 972. The summed E-state index contributed by atoms with van der Waals surface area (Å²) in [5.74, 6) is -0.865. The number of primary amides is 1. The molecule has 1 fully saturated rings. The molecule has 1 heterocycles. The standard InChI is InChI=1S/C24H30N4O5/c1-16-13-32-14-17(2)28(16)21-9-8-19(23(30)26-11-10-22(25)29)12-20(21)27-24(31)33-15-18-6-4-3-5-7-18/h3-9,12,16-17H,10-11,13-15H2,1-2H3,(H2,25,29)(H,26,30)(H,27,31). The highest BCUT2D eigenvalue weighted by Gasteiger charge is 2.28. The van der Waals surface area contributed by atoms with Crippen molar-refractivity contribution in [2.45, 2.75) is 39.0 Å². The van der Waals surface area contributed by atoms with E-state index in [-0.39, 0.29) is 37.6 Å². The Labute approximate surface area is 193 Å². The molecular formula is C24H30N4O5. The lowest BCUT2D eigenvalue weighted by Gasteiger charge is -2.41. The van der Waals surface area contributed by atoms with Crippen LogP contribution in [0.4, 0.5) is 16.2 Å². The molecule has 2 aromatic carbocycles. The van der Waals surface area contributed by atoms with Crippen molar-refractivity contribution in [1.29, 1.82) is 0 Å². The molecule has 9 nitrogen and oxygen atoms in total. The molecule has 3 amide bonds. The molecule has 2 atom stereocenters. The fourth-order valence-electron chi connectivity index (χ4n) is 3.75. The molecule has 0 bridgehead atoms. The van der Waals surface area contributed by atoms with E-state index in [9.17, 15) is 14.4 Å². The Hall–Kier alpha value is -3.59. The van der Waals surface area contributed by atoms with E-state index in [2.05, 4.69) is 15.5 Å². The Morgan fingerprint density at radius 1 is 1.09 bits per heavy atom. The zero-order valence-electron chi connectivity index (χ0n) is 18.9. The molecule has 2 aromatic rings. The zero-order valence-corrected chi connectivity index (χ0v) is 18.9. The molecular weight excluding hydrogens is 424 g/mol. The van der Waals surface area contributed by atoms with Crippen LogP contribution in [-0.4, -0.2) is 49.7 Å². The summed E-state index contributed by atoms with van der Waals surface area (Å²) in [5.41, 5.74) is 7.56. The summed E-state index contributed by atoms with van der Waals surface area (Å²) in [7, 11) is 0. The number of nitrogens with two attached hydrogens (primary N) is 1. The molecule has 0 radical (unpaired) electrons. The highest BCUT2D eigenvalue weighted by Crippen LogP contribution is 2.32. The fraction of sp³-hybridized carbons (Fsp3) is 0.375. The number of hydrogen-bond donors (Lipinski definition) is 3. The monoisotopic (exact) mass is 454 g/mol. The van der Waals surface area contributed by atoms with Gasteiger partial charge in [-0.2, -0.15) is 0 Å². The molecule has 176 valence electrons. The van der Waals surface area contributed by atoms with Crippen LogP contribution in [0.1, 0.15) is 36.2 Å². The number of benzene rings is 2. The lowest BCUT2D eigenvalue weighted by molar-refractivity contribution is -0.117. The first-order valence-corrected chi connectivity index (χ1v) is 10.9. The number of rotatable bonds is 8. The van der Waals surface area contributed by atoms with Gasteiger partial charge < -0.3 is 25.4 Å². The largest absolute Gasteiger partial charge is 0.444 e. The van der Waals surface area contributed by atoms with E-state index in [0.717, 1.165) is 11.3 Å². The van der Waals surface area contributed by atoms with E-state index in [1.165, 1.54) is 0 Å². The molecule has 9 heteroatoms. The molecule has 33 heavy (non-hydrogen) atoms. The number of hydrogen-bond acceptors (Lipinski definition) is 6. The van der Waals surface area contributed by atoms with Gasteiger partial charge in [-0.05, 0) is 37.6 Å². The van der Waals surface area contributed by atoms with Crippen LogP contribution < -0.4 is 21.3 Å². The van der Waals surface area contributed by atoms with Gasteiger partial charge in [0.2, 0.25) is 5.91 Å². The van der Waals surface area contributed by atoms with Gasteiger partial charge in [0.25, 0.3) is 5.91 Å². The summed E-state index contributed by atoms with van der Waals surface area (Å²) in [6, 6.07) is 14.6. The third kappa shape index (κ3) is 6.69. The van der Waals surface area contributed by atoms with Gasteiger partial charge in [0.05, 0.1) is 24.6 Å². The second kappa shape index (κ2) is 11.3. The van der Waals surface area contributed by atoms with Crippen LogP contribution in [0.15, 0.2) is 48.5 Å². The van der Waals surface area contributed by atoms with Gasteiger partial charge in [-0.15, -0.1) is 0 Å². The van der Waals surface area contributed by atoms with E-state index in [1.807, 2.05) is 44.2 Å². The molecule has 0 aliphatic carbocycles. The van der Waals surface area contributed by atoms with E-state index >= 15 is 0 Å². The highest BCUT2D eigenvalue weighted by atomic mass is 16.5.